The Bertz CT molecular complexity index is 1260. The molecule has 0 saturated heterocycles. The first-order chi connectivity index (χ1) is 15.5. The number of para-hydroxylation sites is 1. The third kappa shape index (κ3) is 4.70. The van der Waals surface area contributed by atoms with Crippen molar-refractivity contribution in [3.05, 3.63) is 90.5 Å². The van der Waals surface area contributed by atoms with E-state index in [4.69, 9.17) is 4.74 Å². The van der Waals surface area contributed by atoms with Gasteiger partial charge < -0.3 is 4.74 Å². The number of hydrogen-bond donors (Lipinski definition) is 2. The quantitative estimate of drug-likeness (QED) is 0.472. The van der Waals surface area contributed by atoms with Crippen molar-refractivity contribution in [2.24, 2.45) is 0 Å². The number of halogens is 1. The van der Waals surface area contributed by atoms with E-state index in [0.29, 0.717) is 27.9 Å². The average Bonchev–Trinajstić information content (AvgIpc) is 2.83. The number of amides is 2. The molecule has 0 fully saturated rings. The summed E-state index contributed by atoms with van der Waals surface area (Å²) in [5.41, 5.74) is 7.12. The van der Waals surface area contributed by atoms with Crippen molar-refractivity contribution in [3.8, 4) is 17.0 Å². The zero-order valence-electron chi connectivity index (χ0n) is 17.1. The molecule has 0 saturated carbocycles. The molecule has 2 amide bonds. The van der Waals surface area contributed by atoms with Crippen molar-refractivity contribution in [2.45, 2.75) is 13.0 Å². The van der Waals surface area contributed by atoms with Crippen LogP contribution in [0, 0.1) is 5.82 Å². The lowest BCUT2D eigenvalue weighted by Gasteiger charge is -2.16. The molecule has 4 aromatic rings. The highest BCUT2D eigenvalue weighted by molar-refractivity contribution is 6.07. The van der Waals surface area contributed by atoms with Gasteiger partial charge in [0.05, 0.1) is 16.8 Å². The third-order valence-electron chi connectivity index (χ3n) is 4.71. The van der Waals surface area contributed by atoms with Crippen LogP contribution in [0.4, 0.5) is 4.39 Å². The van der Waals surface area contributed by atoms with Crippen LogP contribution >= 0.6 is 0 Å². The van der Waals surface area contributed by atoms with E-state index in [2.05, 4.69) is 20.8 Å². The fraction of sp³-hybridized carbons (Fsp3) is 0.0833. The van der Waals surface area contributed by atoms with E-state index in [-0.39, 0.29) is 0 Å². The molecule has 0 aliphatic carbocycles. The number of benzene rings is 2. The Morgan fingerprint density at radius 2 is 1.78 bits per heavy atom. The highest BCUT2D eigenvalue weighted by Gasteiger charge is 2.18. The van der Waals surface area contributed by atoms with Crippen LogP contribution in [0.25, 0.3) is 22.2 Å². The van der Waals surface area contributed by atoms with Crippen LogP contribution in [0.5, 0.6) is 5.75 Å². The van der Waals surface area contributed by atoms with Crippen molar-refractivity contribution in [2.75, 3.05) is 0 Å². The standard InChI is InChI=1S/C24H19FN4O3/c1-15(32-18-10-8-17(25)9-11-18)23(30)28-29-24(31)20-13-22(16-5-4-12-26-14-16)27-21-7-3-2-6-19(20)21/h2-15H,1H3,(H,28,30)(H,29,31). The number of fused-ring (bicyclic) bond motifs is 1. The van der Waals surface area contributed by atoms with Crippen molar-refractivity contribution >= 4 is 22.7 Å². The largest absolute Gasteiger partial charge is 0.481 e. The van der Waals surface area contributed by atoms with Crippen molar-refractivity contribution in [3.63, 3.8) is 0 Å². The van der Waals surface area contributed by atoms with E-state index in [0.717, 1.165) is 5.56 Å². The molecule has 2 heterocycles. The van der Waals surface area contributed by atoms with Gasteiger partial charge in [-0.05, 0) is 55.5 Å². The molecular formula is C24H19FN4O3. The lowest BCUT2D eigenvalue weighted by Crippen LogP contribution is -2.47. The molecular weight excluding hydrogens is 411 g/mol. The topological polar surface area (TPSA) is 93.2 Å². The number of aromatic nitrogens is 2. The maximum atomic E-state index is 13.0. The minimum Gasteiger partial charge on any atom is -0.481 e. The molecule has 0 spiro atoms. The molecule has 2 aromatic carbocycles. The van der Waals surface area contributed by atoms with Crippen molar-refractivity contribution < 1.29 is 18.7 Å². The molecule has 0 aliphatic rings. The number of pyridine rings is 2. The molecule has 160 valence electrons. The molecule has 0 radical (unpaired) electrons. The van der Waals surface area contributed by atoms with Gasteiger partial charge in [-0.15, -0.1) is 0 Å². The summed E-state index contributed by atoms with van der Waals surface area (Å²) in [4.78, 5) is 34.0. The Morgan fingerprint density at radius 3 is 2.53 bits per heavy atom. The summed E-state index contributed by atoms with van der Waals surface area (Å²) in [6.45, 7) is 1.52. The SMILES string of the molecule is CC(Oc1ccc(F)cc1)C(=O)NNC(=O)c1cc(-c2cccnc2)nc2ccccc12. The molecule has 1 unspecified atom stereocenters. The molecule has 1 atom stereocenters. The molecule has 32 heavy (non-hydrogen) atoms. The second kappa shape index (κ2) is 9.22. The predicted octanol–water partition coefficient (Wildman–Crippen LogP) is 3.66. The smallest absolute Gasteiger partial charge is 0.279 e. The number of nitrogens with zero attached hydrogens (tertiary/aromatic N) is 2. The van der Waals surface area contributed by atoms with Crippen LogP contribution in [0.3, 0.4) is 0 Å². The number of ether oxygens (including phenoxy) is 1. The molecule has 2 N–H and O–H groups in total. The minimum absolute atomic E-state index is 0.335. The van der Waals surface area contributed by atoms with E-state index in [1.807, 2.05) is 24.3 Å². The van der Waals surface area contributed by atoms with Gasteiger partial charge in [-0.3, -0.25) is 25.4 Å². The maximum Gasteiger partial charge on any atom is 0.279 e. The van der Waals surface area contributed by atoms with Crippen LogP contribution < -0.4 is 15.6 Å². The molecule has 8 heteroatoms. The van der Waals surface area contributed by atoms with Crippen LogP contribution in [0.2, 0.25) is 0 Å². The first kappa shape index (κ1) is 20.9. The van der Waals surface area contributed by atoms with Gasteiger partial charge >= 0.3 is 0 Å². The summed E-state index contributed by atoms with van der Waals surface area (Å²) in [6.07, 6.45) is 2.40. The van der Waals surface area contributed by atoms with Crippen LogP contribution in [-0.2, 0) is 4.79 Å². The molecule has 2 aromatic heterocycles. The van der Waals surface area contributed by atoms with Gasteiger partial charge in [0.2, 0.25) is 0 Å². The summed E-state index contributed by atoms with van der Waals surface area (Å²) < 4.78 is 18.5. The second-order valence-corrected chi connectivity index (χ2v) is 6.97. The Labute approximate surface area is 183 Å². The van der Waals surface area contributed by atoms with E-state index in [1.165, 1.54) is 31.2 Å². The van der Waals surface area contributed by atoms with Gasteiger partial charge in [-0.2, -0.15) is 0 Å². The highest BCUT2D eigenvalue weighted by atomic mass is 19.1. The second-order valence-electron chi connectivity index (χ2n) is 6.97. The van der Waals surface area contributed by atoms with Crippen LogP contribution in [0.1, 0.15) is 17.3 Å². The fourth-order valence-electron chi connectivity index (χ4n) is 3.08. The lowest BCUT2D eigenvalue weighted by molar-refractivity contribution is -0.128. The van der Waals surface area contributed by atoms with Gasteiger partial charge in [-0.25, -0.2) is 9.37 Å². The van der Waals surface area contributed by atoms with Gasteiger partial charge in [0.1, 0.15) is 11.6 Å². The Kier molecular flexibility index (Phi) is 6.03. The zero-order chi connectivity index (χ0) is 22.5. The number of hydrogen-bond acceptors (Lipinski definition) is 5. The van der Waals surface area contributed by atoms with E-state index >= 15 is 0 Å². The summed E-state index contributed by atoms with van der Waals surface area (Å²) in [5.74, 6) is -1.14. The van der Waals surface area contributed by atoms with E-state index in [1.54, 1.807) is 30.6 Å². The maximum absolute atomic E-state index is 13.0. The molecule has 7 nitrogen and oxygen atoms in total. The van der Waals surface area contributed by atoms with Gasteiger partial charge in [0, 0.05) is 23.3 Å². The molecule has 0 bridgehead atoms. The third-order valence-corrected chi connectivity index (χ3v) is 4.71. The van der Waals surface area contributed by atoms with Crippen LogP contribution in [-0.4, -0.2) is 27.9 Å². The van der Waals surface area contributed by atoms with Crippen molar-refractivity contribution in [1.29, 1.82) is 0 Å². The van der Waals surface area contributed by atoms with Gasteiger partial charge in [-0.1, -0.05) is 18.2 Å². The number of rotatable bonds is 5. The Morgan fingerprint density at radius 1 is 1.00 bits per heavy atom. The summed E-state index contributed by atoms with van der Waals surface area (Å²) >= 11 is 0. The summed E-state index contributed by atoms with van der Waals surface area (Å²) in [5, 5.41) is 0.641. The number of hydrazine groups is 1. The monoisotopic (exact) mass is 430 g/mol. The van der Waals surface area contributed by atoms with Gasteiger partial charge in [0.15, 0.2) is 6.10 Å². The Hall–Kier alpha value is -4.33. The van der Waals surface area contributed by atoms with E-state index < -0.39 is 23.7 Å². The summed E-state index contributed by atoms with van der Waals surface area (Å²) in [7, 11) is 0. The first-order valence-electron chi connectivity index (χ1n) is 9.84. The normalized spacial score (nSPS) is 11.6. The van der Waals surface area contributed by atoms with E-state index in [9.17, 15) is 14.0 Å². The predicted molar refractivity (Wildman–Crippen MR) is 117 cm³/mol. The minimum atomic E-state index is -0.916. The number of nitrogens with one attached hydrogen (secondary N) is 2. The number of carbonyl (C=O) groups is 2. The molecule has 0 aliphatic heterocycles. The van der Waals surface area contributed by atoms with Crippen LogP contribution in [0.15, 0.2) is 79.1 Å². The lowest BCUT2D eigenvalue weighted by atomic mass is 10.0. The van der Waals surface area contributed by atoms with Crippen molar-refractivity contribution in [1.82, 2.24) is 20.8 Å². The number of carbonyl (C=O) groups excluding carboxylic acids is 2. The first-order valence-corrected chi connectivity index (χ1v) is 9.84. The zero-order valence-corrected chi connectivity index (χ0v) is 17.1. The molecule has 4 rings (SSSR count). The fourth-order valence-corrected chi connectivity index (χ4v) is 3.08. The summed E-state index contributed by atoms with van der Waals surface area (Å²) in [6, 6.07) is 17.8. The highest BCUT2D eigenvalue weighted by Crippen LogP contribution is 2.24. The Balaban J connectivity index is 1.50. The van der Waals surface area contributed by atoms with Gasteiger partial charge in [0.25, 0.3) is 11.8 Å². The average molecular weight is 430 g/mol.